The van der Waals surface area contributed by atoms with Gasteiger partial charge in [-0.25, -0.2) is 0 Å². The third kappa shape index (κ3) is 3.56. The summed E-state index contributed by atoms with van der Waals surface area (Å²) < 4.78 is 2.27. The number of hydrogen-bond donors (Lipinski definition) is 0. The molecule has 0 amide bonds. The van der Waals surface area contributed by atoms with Crippen molar-refractivity contribution in [3.8, 4) is 0 Å². The standard InChI is InChI=1S/C25H25N2/c1-26-22(18-20-12-8-10-16-24(20)26)14-6-4-3-5-7-15-23-19-21-13-9-11-17-25(21)27(23)2/h3-17H,18-19H2,1-2H3/q+1. The highest BCUT2D eigenvalue weighted by Gasteiger charge is 2.23. The molecule has 0 spiro atoms. The van der Waals surface area contributed by atoms with Gasteiger partial charge in [-0.3, -0.25) is 0 Å². The number of allylic oxidation sites excluding steroid dienone is 8. The van der Waals surface area contributed by atoms with E-state index in [0.717, 1.165) is 12.8 Å². The first kappa shape index (κ1) is 17.3. The summed E-state index contributed by atoms with van der Waals surface area (Å²) in [6.07, 6.45) is 16.9. The normalized spacial score (nSPS) is 17.9. The highest BCUT2D eigenvalue weighted by Crippen LogP contribution is 2.32. The zero-order valence-electron chi connectivity index (χ0n) is 16.0. The Morgan fingerprint density at radius 3 is 2.33 bits per heavy atom. The Hall–Kier alpha value is -3.13. The quantitative estimate of drug-likeness (QED) is 0.541. The number of benzene rings is 2. The van der Waals surface area contributed by atoms with Crippen molar-refractivity contribution in [1.29, 1.82) is 0 Å². The molecule has 134 valence electrons. The van der Waals surface area contributed by atoms with Crippen molar-refractivity contribution in [2.45, 2.75) is 12.8 Å². The fourth-order valence-corrected chi connectivity index (χ4v) is 3.78. The third-order valence-electron chi connectivity index (χ3n) is 5.33. The molecular weight excluding hydrogens is 328 g/mol. The van der Waals surface area contributed by atoms with Crippen LogP contribution < -0.4 is 4.90 Å². The summed E-state index contributed by atoms with van der Waals surface area (Å²) in [6.45, 7) is 0. The summed E-state index contributed by atoms with van der Waals surface area (Å²) in [5.41, 5.74) is 8.09. The number of anilines is 1. The van der Waals surface area contributed by atoms with E-state index in [1.165, 1.54) is 33.9 Å². The van der Waals surface area contributed by atoms with Gasteiger partial charge in [0.1, 0.15) is 7.05 Å². The van der Waals surface area contributed by atoms with Crippen LogP contribution in [0.1, 0.15) is 11.1 Å². The van der Waals surface area contributed by atoms with Crippen LogP contribution in [0.25, 0.3) is 0 Å². The molecule has 0 bridgehead atoms. The Balaban J connectivity index is 1.34. The lowest BCUT2D eigenvalue weighted by Gasteiger charge is -2.13. The van der Waals surface area contributed by atoms with Crippen LogP contribution in [-0.2, 0) is 12.8 Å². The first-order valence-corrected chi connectivity index (χ1v) is 9.44. The van der Waals surface area contributed by atoms with Gasteiger partial charge >= 0.3 is 0 Å². The number of rotatable bonds is 4. The highest BCUT2D eigenvalue weighted by atomic mass is 15.1. The summed E-state index contributed by atoms with van der Waals surface area (Å²) in [4.78, 5) is 2.27. The molecule has 0 N–H and O–H groups in total. The van der Waals surface area contributed by atoms with Crippen molar-refractivity contribution in [2.24, 2.45) is 0 Å². The van der Waals surface area contributed by atoms with Crippen LogP contribution in [-0.4, -0.2) is 24.4 Å². The van der Waals surface area contributed by atoms with Gasteiger partial charge in [-0.15, -0.1) is 0 Å². The van der Waals surface area contributed by atoms with Gasteiger partial charge in [-0.05, 0) is 17.7 Å². The maximum Gasteiger partial charge on any atom is 0.208 e. The minimum Gasteiger partial charge on any atom is -0.348 e. The molecule has 2 aliphatic heterocycles. The van der Waals surface area contributed by atoms with Crippen LogP contribution in [0.5, 0.6) is 0 Å². The minimum absolute atomic E-state index is 1.01. The summed E-state index contributed by atoms with van der Waals surface area (Å²) in [5, 5.41) is 0. The fourth-order valence-electron chi connectivity index (χ4n) is 3.78. The molecule has 27 heavy (non-hydrogen) atoms. The van der Waals surface area contributed by atoms with E-state index in [1.54, 1.807) is 0 Å². The molecule has 0 aromatic heterocycles. The van der Waals surface area contributed by atoms with Crippen LogP contribution in [0.2, 0.25) is 0 Å². The number of fused-ring (bicyclic) bond motifs is 2. The van der Waals surface area contributed by atoms with Gasteiger partial charge in [0, 0.05) is 42.6 Å². The molecule has 0 radical (unpaired) electrons. The Morgan fingerprint density at radius 1 is 0.815 bits per heavy atom. The van der Waals surface area contributed by atoms with Crippen molar-refractivity contribution < 1.29 is 4.58 Å². The minimum atomic E-state index is 1.01. The van der Waals surface area contributed by atoms with Gasteiger partial charge in [0.2, 0.25) is 5.69 Å². The maximum atomic E-state index is 2.27. The van der Waals surface area contributed by atoms with E-state index in [2.05, 4.69) is 115 Å². The lowest BCUT2D eigenvalue weighted by molar-refractivity contribution is -0.400. The van der Waals surface area contributed by atoms with E-state index in [4.69, 9.17) is 0 Å². The smallest absolute Gasteiger partial charge is 0.208 e. The van der Waals surface area contributed by atoms with E-state index in [0.29, 0.717) is 0 Å². The Labute approximate surface area is 161 Å². The molecule has 0 unspecified atom stereocenters. The number of likely N-dealkylation sites (N-methyl/N-ethyl adjacent to an activating group) is 1. The second kappa shape index (κ2) is 7.63. The molecule has 2 aliphatic rings. The van der Waals surface area contributed by atoms with Gasteiger partial charge in [0.15, 0.2) is 5.71 Å². The summed E-state index contributed by atoms with van der Waals surface area (Å²) >= 11 is 0. The molecule has 0 aliphatic carbocycles. The van der Waals surface area contributed by atoms with E-state index >= 15 is 0 Å². The van der Waals surface area contributed by atoms with Crippen LogP contribution in [0.3, 0.4) is 0 Å². The van der Waals surface area contributed by atoms with E-state index in [9.17, 15) is 0 Å². The Kier molecular flexibility index (Phi) is 4.88. The first-order chi connectivity index (χ1) is 13.2. The number of nitrogens with zero attached hydrogens (tertiary/aromatic N) is 2. The molecule has 2 aromatic rings. The highest BCUT2D eigenvalue weighted by molar-refractivity contribution is 5.96. The summed E-state index contributed by atoms with van der Waals surface area (Å²) in [7, 11) is 4.27. The van der Waals surface area contributed by atoms with Crippen molar-refractivity contribution in [1.82, 2.24) is 0 Å². The number of para-hydroxylation sites is 2. The third-order valence-corrected chi connectivity index (χ3v) is 5.33. The fraction of sp³-hybridized carbons (Fsp3) is 0.160. The Bertz CT molecular complexity index is 1000. The zero-order valence-corrected chi connectivity index (χ0v) is 16.0. The average molecular weight is 353 g/mol. The average Bonchev–Trinajstić information content (AvgIpc) is 3.19. The SMILES string of the molecule is CN1/C(=C/C=C/C=C/C=C/C2=[N+](C)c3ccccc3C2)Cc2ccccc21. The van der Waals surface area contributed by atoms with Gasteiger partial charge in [0.05, 0.1) is 6.42 Å². The molecule has 0 fully saturated rings. The van der Waals surface area contributed by atoms with Crippen LogP contribution >= 0.6 is 0 Å². The second-order valence-corrected chi connectivity index (χ2v) is 7.01. The maximum absolute atomic E-state index is 2.27. The molecule has 0 saturated carbocycles. The van der Waals surface area contributed by atoms with Crippen LogP contribution in [0.15, 0.2) is 96.8 Å². The van der Waals surface area contributed by atoms with Crippen LogP contribution in [0.4, 0.5) is 11.4 Å². The molecule has 0 atom stereocenters. The van der Waals surface area contributed by atoms with Crippen molar-refractivity contribution in [3.05, 3.63) is 108 Å². The van der Waals surface area contributed by atoms with E-state index < -0.39 is 0 Å². The Morgan fingerprint density at radius 2 is 1.52 bits per heavy atom. The molecular formula is C25H25N2+. The molecule has 2 aromatic carbocycles. The summed E-state index contributed by atoms with van der Waals surface area (Å²) in [6, 6.07) is 17.2. The number of hydrogen-bond acceptors (Lipinski definition) is 1. The lowest BCUT2D eigenvalue weighted by atomic mass is 10.1. The van der Waals surface area contributed by atoms with Crippen LogP contribution in [0, 0.1) is 0 Å². The first-order valence-electron chi connectivity index (χ1n) is 9.44. The van der Waals surface area contributed by atoms with Crippen molar-refractivity contribution in [3.63, 3.8) is 0 Å². The van der Waals surface area contributed by atoms with Crippen molar-refractivity contribution in [2.75, 3.05) is 19.0 Å². The van der Waals surface area contributed by atoms with Gasteiger partial charge in [-0.2, -0.15) is 4.58 Å². The van der Waals surface area contributed by atoms with Gasteiger partial charge < -0.3 is 4.90 Å². The molecule has 4 rings (SSSR count). The van der Waals surface area contributed by atoms with E-state index in [-0.39, 0.29) is 0 Å². The largest absolute Gasteiger partial charge is 0.348 e. The van der Waals surface area contributed by atoms with E-state index in [1.807, 2.05) is 0 Å². The summed E-state index contributed by atoms with van der Waals surface area (Å²) in [5.74, 6) is 0. The molecule has 2 heteroatoms. The second-order valence-electron chi connectivity index (χ2n) is 7.01. The topological polar surface area (TPSA) is 6.25 Å². The zero-order chi connectivity index (χ0) is 18.6. The predicted molar refractivity (Wildman–Crippen MR) is 115 cm³/mol. The monoisotopic (exact) mass is 353 g/mol. The lowest BCUT2D eigenvalue weighted by Crippen LogP contribution is -2.10. The molecule has 2 nitrogen and oxygen atoms in total. The predicted octanol–water partition coefficient (Wildman–Crippen LogP) is 5.20. The molecule has 0 saturated heterocycles. The molecule has 2 heterocycles. The van der Waals surface area contributed by atoms with Gasteiger partial charge in [0.25, 0.3) is 0 Å². The van der Waals surface area contributed by atoms with Crippen molar-refractivity contribution >= 4 is 17.1 Å². The van der Waals surface area contributed by atoms with Gasteiger partial charge in [-0.1, -0.05) is 66.8 Å².